The second kappa shape index (κ2) is 44.9. The molecular formula is C75H123N15O17. The summed E-state index contributed by atoms with van der Waals surface area (Å²) in [6, 6.07) is -8.27. The van der Waals surface area contributed by atoms with Crippen LogP contribution in [0.25, 0.3) is 0 Å². The van der Waals surface area contributed by atoms with E-state index < -0.39 is 209 Å². The molecule has 107 heavy (non-hydrogen) atoms. The first kappa shape index (κ1) is 92.1. The number of hydrogen-bond donors (Lipinski definition) is 15. The molecule has 16 atom stereocenters. The zero-order valence-electron chi connectivity index (χ0n) is 65.6. The Bertz CT molecular complexity index is 3250. The lowest BCUT2D eigenvalue weighted by molar-refractivity contribution is -0.157. The molecule has 2 aliphatic rings. The molecule has 32 nitrogen and oxygen atoms in total. The van der Waals surface area contributed by atoms with Gasteiger partial charge in [0.1, 0.15) is 84.3 Å². The number of cyclic esters (lactones) is 1. The summed E-state index contributed by atoms with van der Waals surface area (Å²) >= 11 is 0. The first-order valence-corrected chi connectivity index (χ1v) is 37.8. The van der Waals surface area contributed by atoms with Crippen LogP contribution in [0.2, 0.25) is 0 Å². The van der Waals surface area contributed by atoms with Gasteiger partial charge >= 0.3 is 5.97 Å². The van der Waals surface area contributed by atoms with Crippen molar-refractivity contribution in [2.24, 2.45) is 52.9 Å². The van der Waals surface area contributed by atoms with E-state index in [1.807, 2.05) is 13.8 Å². The second-order valence-corrected chi connectivity index (χ2v) is 30.0. The number of carbonyl (C=O) groups excluding carboxylic acids is 15. The Morgan fingerprint density at radius 3 is 1.72 bits per heavy atom. The molecule has 2 fully saturated rings. The molecule has 600 valence electrons. The molecule has 0 radical (unpaired) electrons. The van der Waals surface area contributed by atoms with Gasteiger partial charge in [0.2, 0.25) is 76.8 Å². The van der Waals surface area contributed by atoms with Crippen molar-refractivity contribution in [3.63, 3.8) is 0 Å². The van der Waals surface area contributed by atoms with Crippen LogP contribution in [0.1, 0.15) is 194 Å². The molecule has 14 amide bonds. The Kier molecular flexibility index (Phi) is 38.7. The molecule has 1 aromatic rings. The Morgan fingerprint density at radius 2 is 1.18 bits per heavy atom. The van der Waals surface area contributed by atoms with Crippen molar-refractivity contribution >= 4 is 88.7 Å². The number of allylic oxidation sites excluding steroid dienone is 1. The topological polar surface area (TPSA) is 485 Å². The molecule has 32 heteroatoms. The van der Waals surface area contributed by atoms with Crippen molar-refractivity contribution in [1.82, 2.24) is 68.7 Å². The number of carbonyl (C=O) groups is 15. The molecule has 0 aliphatic carbocycles. The number of aliphatic hydroxyl groups is 1. The summed E-state index contributed by atoms with van der Waals surface area (Å²) in [5, 5.41) is 42.8. The lowest BCUT2D eigenvalue weighted by Crippen LogP contribution is -2.64. The van der Waals surface area contributed by atoms with Crippen molar-refractivity contribution in [2.75, 3.05) is 13.1 Å². The summed E-state index contributed by atoms with van der Waals surface area (Å²) in [5.41, 5.74) is 11.7. The largest absolute Gasteiger partial charge is 0.458 e. The molecule has 0 bridgehead atoms. The average Bonchev–Trinajstić information content (AvgIpc) is 1.80. The summed E-state index contributed by atoms with van der Waals surface area (Å²) in [6.07, 6.45) is 0.0482. The van der Waals surface area contributed by atoms with E-state index in [1.54, 1.807) is 113 Å². The van der Waals surface area contributed by atoms with Crippen LogP contribution in [0.15, 0.2) is 42.1 Å². The summed E-state index contributed by atoms with van der Waals surface area (Å²) in [4.78, 5) is 214. The zero-order valence-corrected chi connectivity index (χ0v) is 65.6. The highest BCUT2D eigenvalue weighted by molar-refractivity contribution is 6.03. The van der Waals surface area contributed by atoms with E-state index >= 15 is 9.59 Å². The highest BCUT2D eigenvalue weighted by atomic mass is 16.5. The van der Waals surface area contributed by atoms with Crippen molar-refractivity contribution < 1.29 is 81.8 Å². The number of amides is 14. The smallest absolute Gasteiger partial charge is 0.329 e. The van der Waals surface area contributed by atoms with Crippen LogP contribution in [0.4, 0.5) is 0 Å². The Hall–Kier alpha value is -9.07. The summed E-state index contributed by atoms with van der Waals surface area (Å²) in [6.45, 7) is 27.9. The van der Waals surface area contributed by atoms with Gasteiger partial charge in [0.15, 0.2) is 0 Å². The minimum atomic E-state index is -1.84. The molecular weight excluding hydrogens is 1380 g/mol. The Morgan fingerprint density at radius 1 is 0.617 bits per heavy atom. The number of ether oxygens (including phenoxy) is 1. The lowest BCUT2D eigenvalue weighted by Gasteiger charge is -2.33. The standard InChI is InChI=1S/C75H123N15O17/c1-18-43(14)59(71(102)89-62-46(17)107-75(106)58(42(12)13)85-63(94)48(20-3)79-66(97)51(37-47-28-22-21-23-29-47)81-68(99)55(39(6)7)82-70(101)60(44(15)19-2)87-73(62)104)86-64(95)49(30-25-35-76)80-67(98)52-31-26-36-90(52)74(105)57(41(10)11)84-69(100)56(40(8)9)83-72(103)61(45(16)91)88-65(96)50(33-34-53(77)92)78-54(93)32-24-27-38(4)5/h20-23,28-29,38-46,49-52,55-62,91H,18-19,24-27,30-37,76H2,1-17H3,(H2,77,92)(H,78,93)(H,79,97)(H,80,98)(H,81,99)(H,82,101)(H,83,103)(H,84,100)(H,85,94)(H,86,95)(H,87,104)(H,88,96)(H,89,102)/b48-20-/t43-,44-,45-,46+,49+,50-,51+,52-,55-,56+,57-,58+,59-,60-,61+,62-/m1/s1. The second-order valence-electron chi connectivity index (χ2n) is 30.0. The Labute approximate surface area is 629 Å². The third-order valence-electron chi connectivity index (χ3n) is 19.3. The van der Waals surface area contributed by atoms with Crippen molar-refractivity contribution in [1.29, 1.82) is 0 Å². The fraction of sp³-hybridized carbons (Fsp3) is 0.693. The number of nitrogens with one attached hydrogen (secondary N) is 12. The van der Waals surface area contributed by atoms with E-state index in [4.69, 9.17) is 16.2 Å². The monoisotopic (exact) mass is 1510 g/mol. The lowest BCUT2D eigenvalue weighted by atomic mass is 9.95. The number of nitrogens with zero attached hydrogens (tertiary/aromatic N) is 1. The molecule has 0 spiro atoms. The van der Waals surface area contributed by atoms with Gasteiger partial charge in [0.05, 0.1) is 6.10 Å². The number of nitrogens with two attached hydrogens (primary N) is 2. The predicted molar refractivity (Wildman–Crippen MR) is 399 cm³/mol. The van der Waals surface area contributed by atoms with Crippen LogP contribution in [-0.2, 0) is 83.1 Å². The summed E-state index contributed by atoms with van der Waals surface area (Å²) in [7, 11) is 0. The molecule has 2 heterocycles. The normalized spacial score (nSPS) is 22.3. The van der Waals surface area contributed by atoms with Crippen LogP contribution in [0.5, 0.6) is 0 Å². The van der Waals surface area contributed by atoms with E-state index in [9.17, 15) is 67.4 Å². The van der Waals surface area contributed by atoms with E-state index in [-0.39, 0.29) is 70.2 Å². The third kappa shape index (κ3) is 28.9. The van der Waals surface area contributed by atoms with Crippen molar-refractivity contribution in [3.05, 3.63) is 47.7 Å². The quantitative estimate of drug-likeness (QED) is 0.0324. The molecule has 2 aliphatic heterocycles. The Balaban J connectivity index is 2.00. The maximum absolute atomic E-state index is 15.0. The molecule has 0 aromatic heterocycles. The average molecular weight is 1510 g/mol. The molecule has 2 saturated heterocycles. The summed E-state index contributed by atoms with van der Waals surface area (Å²) in [5.74, 6) is -16.2. The number of esters is 1. The van der Waals surface area contributed by atoms with Gasteiger partial charge in [-0.3, -0.25) is 67.1 Å². The van der Waals surface area contributed by atoms with Crippen LogP contribution >= 0.6 is 0 Å². The summed E-state index contributed by atoms with van der Waals surface area (Å²) < 4.78 is 5.96. The number of likely N-dealkylation sites (tertiary alicyclic amines) is 1. The first-order chi connectivity index (χ1) is 50.2. The maximum atomic E-state index is 15.0. The van der Waals surface area contributed by atoms with Gasteiger partial charge in [-0.05, 0) is 113 Å². The number of aliphatic hydroxyl groups excluding tert-OH is 1. The minimum Gasteiger partial charge on any atom is -0.458 e. The van der Waals surface area contributed by atoms with Gasteiger partial charge in [-0.15, -0.1) is 0 Å². The minimum absolute atomic E-state index is 0.0411. The molecule has 1 aromatic carbocycles. The highest BCUT2D eigenvalue weighted by Crippen LogP contribution is 2.23. The zero-order chi connectivity index (χ0) is 80.9. The third-order valence-corrected chi connectivity index (χ3v) is 19.3. The molecule has 0 saturated carbocycles. The number of benzene rings is 1. The number of rotatable bonds is 35. The van der Waals surface area contributed by atoms with Crippen LogP contribution in [0.3, 0.4) is 0 Å². The predicted octanol–water partition coefficient (Wildman–Crippen LogP) is 0.446. The van der Waals surface area contributed by atoms with Crippen LogP contribution < -0.4 is 75.3 Å². The molecule has 17 N–H and O–H groups in total. The van der Waals surface area contributed by atoms with Gasteiger partial charge in [0, 0.05) is 25.8 Å². The van der Waals surface area contributed by atoms with Crippen LogP contribution in [-0.4, -0.2) is 196 Å². The van der Waals surface area contributed by atoms with Gasteiger partial charge in [-0.1, -0.05) is 153 Å². The SMILES string of the molecule is C/C=C1\NC(=O)[C@H](Cc2ccccc2)NC(=O)[C@@H](C(C)C)NC(=O)[C@@H]([C@H](C)CC)NC(=O)[C@H](NC(=O)[C@H](NC(=O)[C@H](CCCN)NC(=O)[C@H]2CCCN2C(=O)[C@H](NC(=O)[C@@H](NC(=O)[C@@H](NC(=O)[C@@H](CCC(N)=O)NC(=O)CCCC(C)C)[C@@H](C)O)C(C)C)C(C)C)[C@H](C)CC)[C@H](C)OC(=O)[C@H](C(C)C)NC1=O. The molecule has 3 rings (SSSR count). The van der Waals surface area contributed by atoms with Crippen molar-refractivity contribution in [3.8, 4) is 0 Å². The fourth-order valence-electron chi connectivity index (χ4n) is 12.2. The van der Waals surface area contributed by atoms with E-state index in [0.29, 0.717) is 30.7 Å². The van der Waals surface area contributed by atoms with Crippen molar-refractivity contribution in [2.45, 2.75) is 279 Å². The van der Waals surface area contributed by atoms with Gasteiger partial charge in [-0.2, -0.15) is 0 Å². The van der Waals surface area contributed by atoms with E-state index in [2.05, 4.69) is 63.8 Å². The number of primary amides is 1. The maximum Gasteiger partial charge on any atom is 0.329 e. The fourth-order valence-corrected chi connectivity index (χ4v) is 12.2. The highest BCUT2D eigenvalue weighted by Gasteiger charge is 2.44. The van der Waals surface area contributed by atoms with Gasteiger partial charge < -0.3 is 90.0 Å². The molecule has 0 unspecified atom stereocenters. The van der Waals surface area contributed by atoms with Crippen LogP contribution in [0, 0.1) is 41.4 Å². The first-order valence-electron chi connectivity index (χ1n) is 37.8. The van der Waals surface area contributed by atoms with E-state index in [0.717, 1.165) is 6.42 Å². The number of hydrogen-bond acceptors (Lipinski definition) is 18. The van der Waals surface area contributed by atoms with Gasteiger partial charge in [-0.25, -0.2) is 4.79 Å². The van der Waals surface area contributed by atoms with E-state index in [1.165, 1.54) is 31.7 Å². The van der Waals surface area contributed by atoms with Gasteiger partial charge in [0.25, 0.3) is 5.91 Å².